The number of ketones is 1. The van der Waals surface area contributed by atoms with E-state index in [-0.39, 0.29) is 30.1 Å². The molecular formula is C26H36N2O4. The predicted molar refractivity (Wildman–Crippen MR) is 126 cm³/mol. The number of carbonyl (C=O) groups is 3. The van der Waals surface area contributed by atoms with Crippen molar-refractivity contribution in [3.63, 3.8) is 0 Å². The van der Waals surface area contributed by atoms with Gasteiger partial charge in [-0.15, -0.1) is 0 Å². The fraction of sp³-hybridized carbons (Fsp3) is 0.500. The van der Waals surface area contributed by atoms with Gasteiger partial charge in [-0.05, 0) is 44.2 Å². The van der Waals surface area contributed by atoms with E-state index >= 15 is 0 Å². The molecule has 0 radical (unpaired) electrons. The number of aromatic nitrogens is 1. The van der Waals surface area contributed by atoms with Crippen molar-refractivity contribution in [2.75, 3.05) is 20.2 Å². The molecule has 1 heterocycles. The number of ether oxygens (including phenoxy) is 1. The van der Waals surface area contributed by atoms with E-state index in [1.165, 1.54) is 7.11 Å². The standard InChI is InChI=1S/C26H36N2O4/c1-8-21(20-13-11-10-12-14-20)25(30)27(15-17(3)4)16-22(29)23-18(5)24(26(31)32-7)28(9-2)19(23)6/h10-14,17,21H,8-9,15-16H2,1-7H3. The number of Topliss-reactive ketones (excluding diaryl/α,β-unsaturated/α-hetero) is 1. The van der Waals surface area contributed by atoms with Gasteiger partial charge >= 0.3 is 5.97 Å². The molecule has 174 valence electrons. The molecule has 1 amide bonds. The minimum Gasteiger partial charge on any atom is -0.464 e. The van der Waals surface area contributed by atoms with Crippen molar-refractivity contribution in [1.29, 1.82) is 0 Å². The first-order valence-corrected chi connectivity index (χ1v) is 11.3. The van der Waals surface area contributed by atoms with Crippen LogP contribution in [0.25, 0.3) is 0 Å². The molecule has 1 unspecified atom stereocenters. The molecule has 0 saturated carbocycles. The monoisotopic (exact) mass is 440 g/mol. The van der Waals surface area contributed by atoms with E-state index < -0.39 is 5.97 Å². The average Bonchev–Trinajstić information content (AvgIpc) is 3.02. The van der Waals surface area contributed by atoms with Crippen LogP contribution in [-0.4, -0.2) is 47.3 Å². The van der Waals surface area contributed by atoms with Crippen LogP contribution < -0.4 is 0 Å². The van der Waals surface area contributed by atoms with Crippen LogP contribution in [-0.2, 0) is 16.1 Å². The number of rotatable bonds is 10. The van der Waals surface area contributed by atoms with Gasteiger partial charge in [-0.2, -0.15) is 0 Å². The molecule has 0 saturated heterocycles. The number of nitrogens with zero attached hydrogens (tertiary/aromatic N) is 2. The first kappa shape index (κ1) is 25.4. The van der Waals surface area contributed by atoms with Crippen molar-refractivity contribution in [2.24, 2.45) is 5.92 Å². The molecule has 0 spiro atoms. The lowest BCUT2D eigenvalue weighted by Crippen LogP contribution is -2.41. The maximum atomic E-state index is 13.5. The first-order chi connectivity index (χ1) is 15.2. The lowest BCUT2D eigenvalue weighted by atomic mass is 9.94. The van der Waals surface area contributed by atoms with Crippen LogP contribution in [0, 0.1) is 19.8 Å². The van der Waals surface area contributed by atoms with Crippen LogP contribution in [0.4, 0.5) is 0 Å². The largest absolute Gasteiger partial charge is 0.464 e. The third-order valence-electron chi connectivity index (χ3n) is 5.88. The summed E-state index contributed by atoms with van der Waals surface area (Å²) in [5.41, 5.74) is 3.18. The van der Waals surface area contributed by atoms with Gasteiger partial charge in [0.05, 0.1) is 19.6 Å². The van der Waals surface area contributed by atoms with E-state index in [9.17, 15) is 14.4 Å². The highest BCUT2D eigenvalue weighted by molar-refractivity contribution is 6.05. The second-order valence-electron chi connectivity index (χ2n) is 8.58. The van der Waals surface area contributed by atoms with Gasteiger partial charge in [0.15, 0.2) is 5.78 Å². The SMILES string of the molecule is CCC(C(=O)N(CC(=O)c1c(C)c(C(=O)OC)n(CC)c1C)CC(C)C)c1ccccc1. The average molecular weight is 441 g/mol. The summed E-state index contributed by atoms with van der Waals surface area (Å²) >= 11 is 0. The number of hydrogen-bond acceptors (Lipinski definition) is 4. The van der Waals surface area contributed by atoms with Crippen LogP contribution in [0.15, 0.2) is 30.3 Å². The van der Waals surface area contributed by atoms with Gasteiger partial charge in [0.1, 0.15) is 5.69 Å². The number of hydrogen-bond donors (Lipinski definition) is 0. The highest BCUT2D eigenvalue weighted by Gasteiger charge is 2.30. The molecule has 1 atom stereocenters. The molecule has 0 aliphatic rings. The zero-order valence-electron chi connectivity index (χ0n) is 20.4. The zero-order valence-corrected chi connectivity index (χ0v) is 20.4. The number of esters is 1. The molecule has 1 aromatic heterocycles. The Hall–Kier alpha value is -2.89. The van der Waals surface area contributed by atoms with Gasteiger partial charge in [0.25, 0.3) is 0 Å². The molecule has 0 fully saturated rings. The quantitative estimate of drug-likeness (QED) is 0.394. The molecular weight excluding hydrogens is 404 g/mol. The summed E-state index contributed by atoms with van der Waals surface area (Å²) in [5, 5.41) is 0. The van der Waals surface area contributed by atoms with Crippen LogP contribution in [0.5, 0.6) is 0 Å². The van der Waals surface area contributed by atoms with Gasteiger partial charge in [0.2, 0.25) is 5.91 Å². The number of carbonyl (C=O) groups excluding carboxylic acids is 3. The summed E-state index contributed by atoms with van der Waals surface area (Å²) in [5.74, 6) is -0.742. The second kappa shape index (κ2) is 11.1. The smallest absolute Gasteiger partial charge is 0.354 e. The fourth-order valence-electron chi connectivity index (χ4n) is 4.45. The summed E-state index contributed by atoms with van der Waals surface area (Å²) in [4.78, 5) is 41.0. The summed E-state index contributed by atoms with van der Waals surface area (Å²) in [7, 11) is 1.34. The van der Waals surface area contributed by atoms with Gasteiger partial charge < -0.3 is 14.2 Å². The van der Waals surface area contributed by atoms with Crippen molar-refractivity contribution < 1.29 is 19.1 Å². The molecule has 0 bridgehead atoms. The third-order valence-corrected chi connectivity index (χ3v) is 5.88. The third kappa shape index (κ3) is 5.29. The summed E-state index contributed by atoms with van der Waals surface area (Å²) in [6, 6.07) is 9.70. The minimum absolute atomic E-state index is 0.0175. The van der Waals surface area contributed by atoms with Crippen LogP contribution in [0.2, 0.25) is 0 Å². The van der Waals surface area contributed by atoms with Gasteiger partial charge in [-0.1, -0.05) is 51.1 Å². The molecule has 0 aliphatic carbocycles. The van der Waals surface area contributed by atoms with Gasteiger partial charge in [0, 0.05) is 24.3 Å². The minimum atomic E-state index is -0.461. The van der Waals surface area contributed by atoms with Gasteiger partial charge in [-0.25, -0.2) is 4.79 Å². The Morgan fingerprint density at radius 1 is 1.06 bits per heavy atom. The van der Waals surface area contributed by atoms with Crippen molar-refractivity contribution >= 4 is 17.7 Å². The topological polar surface area (TPSA) is 68.6 Å². The Balaban J connectivity index is 2.41. The van der Waals surface area contributed by atoms with Crippen molar-refractivity contribution in [3.8, 4) is 0 Å². The number of amides is 1. The van der Waals surface area contributed by atoms with E-state index in [4.69, 9.17) is 4.74 Å². The Labute approximate surface area is 191 Å². The van der Waals surface area contributed by atoms with Gasteiger partial charge in [-0.3, -0.25) is 9.59 Å². The normalized spacial score (nSPS) is 12.0. The van der Waals surface area contributed by atoms with E-state index in [0.29, 0.717) is 36.3 Å². The first-order valence-electron chi connectivity index (χ1n) is 11.3. The molecule has 0 aliphatic heterocycles. The fourth-order valence-corrected chi connectivity index (χ4v) is 4.45. The molecule has 6 nitrogen and oxygen atoms in total. The Morgan fingerprint density at radius 3 is 2.19 bits per heavy atom. The van der Waals surface area contributed by atoms with Crippen molar-refractivity contribution in [3.05, 3.63) is 58.4 Å². The number of benzene rings is 1. The maximum absolute atomic E-state index is 13.5. The highest BCUT2D eigenvalue weighted by Crippen LogP contribution is 2.26. The molecule has 6 heteroatoms. The van der Waals surface area contributed by atoms with Crippen molar-refractivity contribution in [2.45, 2.75) is 60.4 Å². The Bertz CT molecular complexity index is 960. The summed E-state index contributed by atoms with van der Waals surface area (Å²) in [6.45, 7) is 12.6. The number of methoxy groups -OCH3 is 1. The lowest BCUT2D eigenvalue weighted by molar-refractivity contribution is -0.133. The van der Waals surface area contributed by atoms with E-state index in [1.807, 2.05) is 69.5 Å². The van der Waals surface area contributed by atoms with Crippen molar-refractivity contribution in [1.82, 2.24) is 9.47 Å². The predicted octanol–water partition coefficient (Wildman–Crippen LogP) is 4.77. The summed E-state index contributed by atoms with van der Waals surface area (Å²) in [6.07, 6.45) is 0.655. The van der Waals surface area contributed by atoms with E-state index in [2.05, 4.69) is 0 Å². The van der Waals surface area contributed by atoms with Crippen LogP contribution in [0.1, 0.15) is 77.7 Å². The van der Waals surface area contributed by atoms with Crippen LogP contribution in [0.3, 0.4) is 0 Å². The maximum Gasteiger partial charge on any atom is 0.354 e. The molecule has 2 aromatic rings. The van der Waals surface area contributed by atoms with E-state index in [1.54, 1.807) is 11.8 Å². The molecule has 32 heavy (non-hydrogen) atoms. The van der Waals surface area contributed by atoms with E-state index in [0.717, 1.165) is 11.3 Å². The zero-order chi connectivity index (χ0) is 24.0. The highest BCUT2D eigenvalue weighted by atomic mass is 16.5. The molecule has 2 rings (SSSR count). The second-order valence-corrected chi connectivity index (χ2v) is 8.58. The Morgan fingerprint density at radius 2 is 1.69 bits per heavy atom. The molecule has 0 N–H and O–H groups in total. The van der Waals surface area contributed by atoms with Crippen LogP contribution >= 0.6 is 0 Å². The lowest BCUT2D eigenvalue weighted by Gasteiger charge is -2.28. The Kier molecular flexibility index (Phi) is 8.81. The summed E-state index contributed by atoms with van der Waals surface area (Å²) < 4.78 is 6.75. The molecule has 1 aromatic carbocycles.